The average molecular weight is 489 g/mol. The Bertz CT molecular complexity index is 1450. The predicted molar refractivity (Wildman–Crippen MR) is 130 cm³/mol. The first kappa shape index (κ1) is 23.3. The van der Waals surface area contributed by atoms with Crippen LogP contribution in [0.25, 0.3) is 22.2 Å². The number of ether oxygens (including phenoxy) is 3. The molecule has 5 rings (SSSR count). The van der Waals surface area contributed by atoms with Crippen LogP contribution in [0.3, 0.4) is 0 Å². The molecule has 11 nitrogen and oxygen atoms in total. The van der Waals surface area contributed by atoms with Gasteiger partial charge in [-0.05, 0) is 23.8 Å². The number of benzene rings is 2. The van der Waals surface area contributed by atoms with Gasteiger partial charge >= 0.3 is 12.2 Å². The second kappa shape index (κ2) is 9.29. The van der Waals surface area contributed by atoms with Crippen LogP contribution in [0.5, 0.6) is 0 Å². The van der Waals surface area contributed by atoms with Gasteiger partial charge < -0.3 is 19.3 Å². The van der Waals surface area contributed by atoms with Crippen molar-refractivity contribution in [2.24, 2.45) is 0 Å². The fourth-order valence-corrected chi connectivity index (χ4v) is 4.55. The number of methoxy groups -OCH3 is 3. The van der Waals surface area contributed by atoms with E-state index in [1.54, 1.807) is 41.6 Å². The number of hydrogen-bond acceptors (Lipinski definition) is 8. The van der Waals surface area contributed by atoms with E-state index in [1.165, 1.54) is 25.9 Å². The Kier molecular flexibility index (Phi) is 6.00. The van der Waals surface area contributed by atoms with E-state index < -0.39 is 24.6 Å². The van der Waals surface area contributed by atoms with Gasteiger partial charge in [0.05, 0.1) is 32.1 Å². The molecule has 3 heterocycles. The molecule has 0 saturated heterocycles. The van der Waals surface area contributed by atoms with E-state index in [-0.39, 0.29) is 0 Å². The number of carbonyl (C=O) groups excluding carboxylic acids is 2. The fraction of sp³-hybridized carbons (Fsp3) is 0.200. The number of aliphatic hydroxyl groups is 1. The van der Waals surface area contributed by atoms with Gasteiger partial charge in [-0.25, -0.2) is 9.59 Å². The maximum Gasteiger partial charge on any atom is 0.414 e. The second-order valence-corrected chi connectivity index (χ2v) is 8.01. The maximum atomic E-state index is 13.3. The Labute approximate surface area is 205 Å². The van der Waals surface area contributed by atoms with Crippen molar-refractivity contribution >= 4 is 34.6 Å². The smallest absolute Gasteiger partial charge is 0.414 e. The van der Waals surface area contributed by atoms with Crippen molar-refractivity contribution in [3.63, 3.8) is 0 Å². The molecule has 1 aliphatic rings. The number of fused-ring (bicyclic) bond motifs is 2. The van der Waals surface area contributed by atoms with Gasteiger partial charge in [-0.1, -0.05) is 30.3 Å². The summed E-state index contributed by atoms with van der Waals surface area (Å²) < 4.78 is 16.5. The number of hydrogen-bond donors (Lipinski definition) is 2. The van der Waals surface area contributed by atoms with Gasteiger partial charge in [0.2, 0.25) is 6.41 Å². The Morgan fingerprint density at radius 3 is 2.47 bits per heavy atom. The Morgan fingerprint density at radius 2 is 1.78 bits per heavy atom. The van der Waals surface area contributed by atoms with Crippen molar-refractivity contribution in [3.8, 4) is 11.1 Å². The molecule has 2 amide bonds. The summed E-state index contributed by atoms with van der Waals surface area (Å²) in [5.74, 6) is 0. The molecule has 1 aliphatic heterocycles. The minimum Gasteiger partial charge on any atom is -0.453 e. The number of aromatic nitrogens is 3. The van der Waals surface area contributed by atoms with Crippen LogP contribution in [0.15, 0.2) is 60.9 Å². The van der Waals surface area contributed by atoms with E-state index in [0.29, 0.717) is 28.0 Å². The first-order valence-electron chi connectivity index (χ1n) is 11.0. The zero-order valence-electron chi connectivity index (χ0n) is 19.7. The van der Waals surface area contributed by atoms with Crippen LogP contribution in [0, 0.1) is 0 Å². The monoisotopic (exact) mass is 489 g/mol. The number of anilines is 2. The van der Waals surface area contributed by atoms with Crippen molar-refractivity contribution < 1.29 is 28.9 Å². The second-order valence-electron chi connectivity index (χ2n) is 8.01. The molecule has 2 unspecified atom stereocenters. The third-order valence-electron chi connectivity index (χ3n) is 6.13. The highest BCUT2D eigenvalue weighted by molar-refractivity contribution is 6.06. The van der Waals surface area contributed by atoms with Crippen molar-refractivity contribution in [2.45, 2.75) is 12.5 Å². The molecule has 2 aromatic carbocycles. The van der Waals surface area contributed by atoms with Crippen molar-refractivity contribution in [1.82, 2.24) is 14.8 Å². The highest BCUT2D eigenvalue weighted by Crippen LogP contribution is 2.48. The lowest BCUT2D eigenvalue weighted by molar-refractivity contribution is -0.128. The Hall–Kier alpha value is -4.48. The number of aliphatic hydroxyl groups excluding tert-OH is 1. The van der Waals surface area contributed by atoms with E-state index in [2.05, 4.69) is 20.3 Å². The van der Waals surface area contributed by atoms with Crippen LogP contribution in [0.4, 0.5) is 21.0 Å². The van der Waals surface area contributed by atoms with Gasteiger partial charge in [-0.2, -0.15) is 5.10 Å². The molecule has 2 aromatic heterocycles. The van der Waals surface area contributed by atoms with Gasteiger partial charge in [0.25, 0.3) is 0 Å². The summed E-state index contributed by atoms with van der Waals surface area (Å²) in [6.45, 7) is 0. The van der Waals surface area contributed by atoms with E-state index in [4.69, 9.17) is 9.47 Å². The van der Waals surface area contributed by atoms with E-state index in [0.717, 1.165) is 16.7 Å². The van der Waals surface area contributed by atoms with Gasteiger partial charge in [0.15, 0.2) is 5.65 Å². The predicted octanol–water partition coefficient (Wildman–Crippen LogP) is 4.05. The van der Waals surface area contributed by atoms with Crippen LogP contribution in [0.1, 0.15) is 23.6 Å². The SMILES string of the molecule is COC(=O)Nc1ccc(C2c3cn(C(O)OC)c4nncc(c34)-c3ccccc3N2C(=O)OC)cc1. The van der Waals surface area contributed by atoms with E-state index >= 15 is 0 Å². The topological polar surface area (TPSA) is 128 Å². The number of amides is 2. The van der Waals surface area contributed by atoms with Crippen molar-refractivity contribution in [1.29, 1.82) is 0 Å². The van der Waals surface area contributed by atoms with Crippen LogP contribution in [0.2, 0.25) is 0 Å². The molecule has 0 fully saturated rings. The molecule has 0 bridgehead atoms. The summed E-state index contributed by atoms with van der Waals surface area (Å²) in [5.41, 5.74) is 4.44. The molecule has 2 N–H and O–H groups in total. The van der Waals surface area contributed by atoms with Gasteiger partial charge in [0, 0.05) is 41.1 Å². The third kappa shape index (κ3) is 3.70. The quantitative estimate of drug-likeness (QED) is 0.411. The van der Waals surface area contributed by atoms with E-state index in [1.807, 2.05) is 24.3 Å². The average Bonchev–Trinajstić information content (AvgIpc) is 3.25. The maximum absolute atomic E-state index is 13.3. The van der Waals surface area contributed by atoms with Gasteiger partial charge in [-0.15, -0.1) is 5.10 Å². The summed E-state index contributed by atoms with van der Waals surface area (Å²) in [6.07, 6.45) is 0.840. The third-order valence-corrected chi connectivity index (χ3v) is 6.13. The lowest BCUT2D eigenvalue weighted by Gasteiger charge is -2.31. The summed E-state index contributed by atoms with van der Waals surface area (Å²) >= 11 is 0. The summed E-state index contributed by atoms with van der Waals surface area (Å²) in [5, 5.41) is 22.3. The van der Waals surface area contributed by atoms with Gasteiger partial charge in [0.1, 0.15) is 0 Å². The molecular formula is C25H23N5O6. The van der Waals surface area contributed by atoms with Crippen LogP contribution in [-0.2, 0) is 14.2 Å². The molecule has 11 heteroatoms. The first-order valence-corrected chi connectivity index (χ1v) is 11.0. The number of carbonyl (C=O) groups is 2. The molecule has 0 radical (unpaired) electrons. The standard InChI is InChI=1S/C25H23N5O6/c1-34-23(31)27-15-10-8-14(9-11-15)21-18-13-29(24(32)35-2)22-20(18)17(12-26-28-22)16-6-4-5-7-19(16)30(21)25(33)36-3/h4-13,21,24,32H,1-3H3,(H,27,31). The number of rotatable bonds is 4. The summed E-state index contributed by atoms with van der Waals surface area (Å²) in [6, 6.07) is 13.8. The highest BCUT2D eigenvalue weighted by atomic mass is 16.6. The number of nitrogens with zero attached hydrogens (tertiary/aromatic N) is 4. The zero-order valence-corrected chi connectivity index (χ0v) is 19.7. The Morgan fingerprint density at radius 1 is 1.03 bits per heavy atom. The van der Waals surface area contributed by atoms with Crippen molar-refractivity contribution in [2.75, 3.05) is 31.5 Å². The normalized spacial score (nSPS) is 15.1. The minimum absolute atomic E-state index is 0.396. The highest BCUT2D eigenvalue weighted by Gasteiger charge is 2.37. The van der Waals surface area contributed by atoms with Crippen LogP contribution >= 0.6 is 0 Å². The number of para-hydroxylation sites is 1. The van der Waals surface area contributed by atoms with Crippen molar-refractivity contribution in [3.05, 3.63) is 72.1 Å². The van der Waals surface area contributed by atoms with Crippen LogP contribution < -0.4 is 10.2 Å². The van der Waals surface area contributed by atoms with Crippen LogP contribution in [-0.4, -0.2) is 53.4 Å². The molecule has 184 valence electrons. The molecule has 0 aliphatic carbocycles. The molecule has 36 heavy (non-hydrogen) atoms. The first-order chi connectivity index (χ1) is 17.5. The minimum atomic E-state index is -1.32. The molecule has 0 spiro atoms. The Balaban J connectivity index is 1.80. The lowest BCUT2D eigenvalue weighted by atomic mass is 9.96. The number of nitrogens with one attached hydrogen (secondary N) is 1. The van der Waals surface area contributed by atoms with Gasteiger partial charge in [-0.3, -0.25) is 14.8 Å². The van der Waals surface area contributed by atoms with E-state index in [9.17, 15) is 14.7 Å². The molecule has 0 saturated carbocycles. The molecular weight excluding hydrogens is 466 g/mol. The lowest BCUT2D eigenvalue weighted by Crippen LogP contribution is -2.35. The fourth-order valence-electron chi connectivity index (χ4n) is 4.55. The largest absolute Gasteiger partial charge is 0.453 e. The summed E-state index contributed by atoms with van der Waals surface area (Å²) in [4.78, 5) is 26.5. The zero-order chi connectivity index (χ0) is 25.4. The molecule has 4 aromatic rings. The summed E-state index contributed by atoms with van der Waals surface area (Å²) in [7, 11) is 3.98. The molecule has 2 atom stereocenters.